The molecule has 1 aliphatic rings. The Labute approximate surface area is 103 Å². The topological polar surface area (TPSA) is 12.0 Å². The molecule has 1 heterocycles. The number of hydrogen-bond acceptors (Lipinski definition) is 2. The quantitative estimate of drug-likeness (QED) is 0.760. The lowest BCUT2D eigenvalue weighted by Gasteiger charge is -2.09. The van der Waals surface area contributed by atoms with Crippen LogP contribution >= 0.6 is 11.8 Å². The van der Waals surface area contributed by atoms with E-state index in [1.807, 2.05) is 0 Å². The van der Waals surface area contributed by atoms with Crippen molar-refractivity contribution < 1.29 is 0 Å². The predicted octanol–water partition coefficient (Wildman–Crippen LogP) is 3.10. The van der Waals surface area contributed by atoms with Gasteiger partial charge in [0, 0.05) is 11.8 Å². The predicted molar refractivity (Wildman–Crippen MR) is 73.1 cm³/mol. The second kappa shape index (κ2) is 6.97. The van der Waals surface area contributed by atoms with E-state index >= 15 is 0 Å². The van der Waals surface area contributed by atoms with Crippen molar-refractivity contribution in [2.24, 2.45) is 0 Å². The molecule has 0 bridgehead atoms. The fraction of sp³-hybridized carbons (Fsp3) is 0.571. The smallest absolute Gasteiger partial charge is 0.0172 e. The Hall–Kier alpha value is -0.470. The zero-order valence-corrected chi connectivity index (χ0v) is 10.6. The molecule has 1 unspecified atom stereocenters. The van der Waals surface area contributed by atoms with E-state index in [0.717, 1.165) is 11.8 Å². The average molecular weight is 235 g/mol. The van der Waals surface area contributed by atoms with Gasteiger partial charge >= 0.3 is 0 Å². The van der Waals surface area contributed by atoms with Gasteiger partial charge in [0.1, 0.15) is 0 Å². The van der Waals surface area contributed by atoms with Crippen LogP contribution in [0.5, 0.6) is 0 Å². The number of rotatable bonds is 6. The molecule has 1 aliphatic heterocycles. The summed E-state index contributed by atoms with van der Waals surface area (Å²) in [5, 5.41) is 4.46. The molecular weight excluding hydrogens is 214 g/mol. The fourth-order valence-electron chi connectivity index (χ4n) is 2.13. The highest BCUT2D eigenvalue weighted by Gasteiger charge is 2.14. The van der Waals surface area contributed by atoms with Crippen molar-refractivity contribution in [2.45, 2.75) is 30.9 Å². The Morgan fingerprint density at radius 1 is 1.25 bits per heavy atom. The van der Waals surface area contributed by atoms with Crippen LogP contribution in [-0.4, -0.2) is 24.1 Å². The molecule has 88 valence electrons. The molecule has 1 fully saturated rings. The maximum atomic E-state index is 3.58. The standard InChI is InChI=1S/C14H21NS/c1-2-6-13(7-3-1)8-4-10-15-12-14-9-5-11-16-14/h1-3,6-7,14-15H,4-5,8-12H2. The highest BCUT2D eigenvalue weighted by atomic mass is 32.2. The first-order valence-corrected chi connectivity index (χ1v) is 7.36. The van der Waals surface area contributed by atoms with Gasteiger partial charge in [0.2, 0.25) is 0 Å². The third-order valence-corrected chi connectivity index (χ3v) is 4.46. The molecule has 1 aromatic carbocycles. The van der Waals surface area contributed by atoms with Crippen LogP contribution in [0.15, 0.2) is 30.3 Å². The van der Waals surface area contributed by atoms with E-state index in [1.54, 1.807) is 0 Å². The summed E-state index contributed by atoms with van der Waals surface area (Å²) >= 11 is 2.13. The molecule has 1 atom stereocenters. The summed E-state index contributed by atoms with van der Waals surface area (Å²) < 4.78 is 0. The second-order valence-electron chi connectivity index (χ2n) is 4.43. The van der Waals surface area contributed by atoms with Crippen LogP contribution in [0.2, 0.25) is 0 Å². The summed E-state index contributed by atoms with van der Waals surface area (Å²) in [7, 11) is 0. The lowest BCUT2D eigenvalue weighted by molar-refractivity contribution is 0.621. The van der Waals surface area contributed by atoms with E-state index in [0.29, 0.717) is 0 Å². The van der Waals surface area contributed by atoms with Crippen molar-refractivity contribution in [1.29, 1.82) is 0 Å². The fourth-order valence-corrected chi connectivity index (χ4v) is 3.37. The molecule has 0 radical (unpaired) electrons. The maximum Gasteiger partial charge on any atom is 0.0172 e. The Morgan fingerprint density at radius 2 is 2.12 bits per heavy atom. The second-order valence-corrected chi connectivity index (χ2v) is 5.84. The van der Waals surface area contributed by atoms with Gasteiger partial charge in [0.05, 0.1) is 0 Å². The summed E-state index contributed by atoms with van der Waals surface area (Å²) in [6.45, 7) is 2.37. The van der Waals surface area contributed by atoms with Crippen molar-refractivity contribution >= 4 is 11.8 Å². The van der Waals surface area contributed by atoms with E-state index in [4.69, 9.17) is 0 Å². The van der Waals surface area contributed by atoms with Crippen molar-refractivity contribution in [2.75, 3.05) is 18.8 Å². The minimum atomic E-state index is 0.886. The van der Waals surface area contributed by atoms with Gasteiger partial charge in [-0.1, -0.05) is 30.3 Å². The Bertz CT molecular complexity index is 280. The van der Waals surface area contributed by atoms with Crippen LogP contribution in [0.1, 0.15) is 24.8 Å². The molecule has 0 aliphatic carbocycles. The van der Waals surface area contributed by atoms with E-state index in [2.05, 4.69) is 47.4 Å². The minimum Gasteiger partial charge on any atom is -0.316 e. The van der Waals surface area contributed by atoms with E-state index in [-0.39, 0.29) is 0 Å². The molecule has 1 saturated heterocycles. The Morgan fingerprint density at radius 3 is 2.88 bits per heavy atom. The van der Waals surface area contributed by atoms with Gasteiger partial charge in [-0.15, -0.1) is 0 Å². The Balaban J connectivity index is 1.52. The third-order valence-electron chi connectivity index (χ3n) is 3.06. The van der Waals surface area contributed by atoms with Gasteiger partial charge in [-0.2, -0.15) is 11.8 Å². The zero-order valence-electron chi connectivity index (χ0n) is 9.82. The molecule has 0 amide bonds. The van der Waals surface area contributed by atoms with Crippen LogP contribution < -0.4 is 5.32 Å². The van der Waals surface area contributed by atoms with Crippen molar-refractivity contribution in [3.63, 3.8) is 0 Å². The Kier molecular flexibility index (Phi) is 5.23. The molecule has 16 heavy (non-hydrogen) atoms. The van der Waals surface area contributed by atoms with Crippen molar-refractivity contribution in [1.82, 2.24) is 5.32 Å². The summed E-state index contributed by atoms with van der Waals surface area (Å²) in [4.78, 5) is 0. The minimum absolute atomic E-state index is 0.886. The lowest BCUT2D eigenvalue weighted by Crippen LogP contribution is -2.24. The van der Waals surface area contributed by atoms with Gasteiger partial charge in [0.25, 0.3) is 0 Å². The van der Waals surface area contributed by atoms with Crippen LogP contribution in [0.25, 0.3) is 0 Å². The first-order valence-electron chi connectivity index (χ1n) is 6.31. The van der Waals surface area contributed by atoms with Crippen molar-refractivity contribution in [3.05, 3.63) is 35.9 Å². The molecule has 0 aromatic heterocycles. The number of aryl methyl sites for hydroxylation is 1. The number of hydrogen-bond donors (Lipinski definition) is 1. The number of thioether (sulfide) groups is 1. The zero-order chi connectivity index (χ0) is 11.1. The number of nitrogens with one attached hydrogen (secondary N) is 1. The van der Waals surface area contributed by atoms with Crippen molar-refractivity contribution in [3.8, 4) is 0 Å². The summed E-state index contributed by atoms with van der Waals surface area (Å²) in [6.07, 6.45) is 5.28. The summed E-state index contributed by atoms with van der Waals surface area (Å²) in [5.41, 5.74) is 1.46. The van der Waals surface area contributed by atoms with E-state index in [9.17, 15) is 0 Å². The molecule has 0 spiro atoms. The first kappa shape index (κ1) is 12.0. The third kappa shape index (κ3) is 4.18. The van der Waals surface area contributed by atoms with Crippen LogP contribution in [0.4, 0.5) is 0 Å². The van der Waals surface area contributed by atoms with Gasteiger partial charge in [-0.3, -0.25) is 0 Å². The molecule has 1 aromatic rings. The monoisotopic (exact) mass is 235 g/mol. The highest BCUT2D eigenvalue weighted by Crippen LogP contribution is 2.25. The summed E-state index contributed by atoms with van der Waals surface area (Å²) in [5.74, 6) is 1.37. The normalized spacial score (nSPS) is 20.1. The highest BCUT2D eigenvalue weighted by molar-refractivity contribution is 8.00. The molecule has 1 N–H and O–H groups in total. The van der Waals surface area contributed by atoms with E-state index in [1.165, 1.54) is 43.5 Å². The van der Waals surface area contributed by atoms with Crippen LogP contribution in [-0.2, 0) is 6.42 Å². The molecular formula is C14H21NS. The van der Waals surface area contributed by atoms with Crippen LogP contribution in [0.3, 0.4) is 0 Å². The summed E-state index contributed by atoms with van der Waals surface area (Å²) in [6, 6.07) is 10.8. The van der Waals surface area contributed by atoms with Gasteiger partial charge in [-0.25, -0.2) is 0 Å². The lowest BCUT2D eigenvalue weighted by atomic mass is 10.1. The molecule has 2 rings (SSSR count). The van der Waals surface area contributed by atoms with E-state index < -0.39 is 0 Å². The largest absolute Gasteiger partial charge is 0.316 e. The van der Waals surface area contributed by atoms with Gasteiger partial charge in [0.15, 0.2) is 0 Å². The van der Waals surface area contributed by atoms with Gasteiger partial charge < -0.3 is 5.32 Å². The van der Waals surface area contributed by atoms with Gasteiger partial charge in [-0.05, 0) is 43.5 Å². The molecule has 1 nitrogen and oxygen atoms in total. The SMILES string of the molecule is c1ccc(CCCNCC2CCCS2)cc1. The maximum absolute atomic E-state index is 3.58. The molecule has 2 heteroatoms. The van der Waals surface area contributed by atoms with Crippen LogP contribution in [0, 0.1) is 0 Å². The first-order chi connectivity index (χ1) is 7.95. The average Bonchev–Trinajstić information content (AvgIpc) is 2.83. The molecule has 0 saturated carbocycles. The number of benzene rings is 1.